The minimum absolute atomic E-state index is 0.130. The first-order valence-electron chi connectivity index (χ1n) is 4.17. The fourth-order valence-electron chi connectivity index (χ4n) is 1.27. The topological polar surface area (TPSA) is 80.3 Å². The van der Waals surface area contributed by atoms with Crippen LogP contribution in [0.3, 0.4) is 0 Å². The quantitative estimate of drug-likeness (QED) is 0.841. The van der Waals surface area contributed by atoms with E-state index in [9.17, 15) is 16.8 Å². The highest BCUT2D eigenvalue weighted by molar-refractivity contribution is 8.18. The van der Waals surface area contributed by atoms with Crippen LogP contribution < -0.4 is 4.13 Å². The molecule has 0 heterocycles. The molecule has 0 aliphatic rings. The fourth-order valence-corrected chi connectivity index (χ4v) is 4.13. The lowest BCUT2D eigenvalue weighted by Gasteiger charge is -2.05. The van der Waals surface area contributed by atoms with Crippen LogP contribution in [0.15, 0.2) is 23.1 Å². The highest BCUT2D eigenvalue weighted by atomic mass is 35.7. The predicted molar refractivity (Wildman–Crippen MR) is 61.0 cm³/mol. The molecule has 0 aliphatic carbocycles. The van der Waals surface area contributed by atoms with Crippen LogP contribution in [0.1, 0.15) is 11.1 Å². The molecule has 0 unspecified atom stereocenters. The van der Waals surface area contributed by atoms with Crippen molar-refractivity contribution in [1.29, 1.82) is 0 Å². The summed E-state index contributed by atoms with van der Waals surface area (Å²) >= 11 is 0. The van der Waals surface area contributed by atoms with E-state index in [4.69, 9.17) is 10.7 Å². The maximum Gasteiger partial charge on any atom is 0.310 e. The van der Waals surface area contributed by atoms with Crippen LogP contribution in [0.5, 0.6) is 0 Å². The number of benzene rings is 1. The summed E-state index contributed by atoms with van der Waals surface area (Å²) in [6, 6.07) is 4.49. The number of nitrogens with one attached hydrogen (secondary N) is 1. The van der Waals surface area contributed by atoms with E-state index in [0.29, 0.717) is 11.1 Å². The van der Waals surface area contributed by atoms with Gasteiger partial charge in [0, 0.05) is 10.7 Å². The Morgan fingerprint density at radius 2 is 1.44 bits per heavy atom. The molecule has 1 aromatic carbocycles. The van der Waals surface area contributed by atoms with Crippen LogP contribution in [-0.2, 0) is 19.3 Å². The Kier molecular flexibility index (Phi) is 3.63. The molecule has 0 aliphatic heterocycles. The van der Waals surface area contributed by atoms with E-state index >= 15 is 0 Å². The lowest BCUT2D eigenvalue weighted by Crippen LogP contribution is -2.26. The molecule has 0 amide bonds. The van der Waals surface area contributed by atoms with Crippen molar-refractivity contribution in [2.75, 3.05) is 0 Å². The van der Waals surface area contributed by atoms with Crippen molar-refractivity contribution in [1.82, 2.24) is 4.13 Å². The molecule has 0 aromatic heterocycles. The summed E-state index contributed by atoms with van der Waals surface area (Å²) in [5, 5.41) is 0. The summed E-state index contributed by atoms with van der Waals surface area (Å²) < 4.78 is 45.9. The standard InChI is InChI=1S/C8H10ClNO4S2/c1-6-3-7(2)5-8(4-6)15(11,12)10-16(9,13)14/h3-5,10H,1-2H3. The molecule has 0 radical (unpaired) electrons. The summed E-state index contributed by atoms with van der Waals surface area (Å²) in [6.45, 7) is 3.42. The van der Waals surface area contributed by atoms with Gasteiger partial charge in [-0.15, -0.1) is 0 Å². The van der Waals surface area contributed by atoms with E-state index in [2.05, 4.69) is 0 Å². The largest absolute Gasteiger partial charge is 0.310 e. The van der Waals surface area contributed by atoms with Gasteiger partial charge in [-0.1, -0.05) is 10.2 Å². The number of halogens is 1. The Bertz CT molecular complexity index is 587. The Balaban J connectivity index is 3.28. The molecule has 1 N–H and O–H groups in total. The average Bonchev–Trinajstić information content (AvgIpc) is 1.96. The summed E-state index contributed by atoms with van der Waals surface area (Å²) in [5.74, 6) is 0. The van der Waals surface area contributed by atoms with Gasteiger partial charge in [-0.05, 0) is 37.1 Å². The summed E-state index contributed by atoms with van der Waals surface area (Å²) in [7, 11) is -3.63. The van der Waals surface area contributed by atoms with Crippen molar-refractivity contribution < 1.29 is 16.8 Å². The maximum absolute atomic E-state index is 11.6. The molecular formula is C8H10ClNO4S2. The minimum Gasteiger partial charge on any atom is -0.206 e. The Hall–Kier alpha value is -0.630. The molecule has 0 saturated carbocycles. The zero-order chi connectivity index (χ0) is 12.6. The van der Waals surface area contributed by atoms with Crippen molar-refractivity contribution in [3.8, 4) is 0 Å². The van der Waals surface area contributed by atoms with Gasteiger partial charge in [0.1, 0.15) is 0 Å². The Labute approximate surface area is 99.0 Å². The van der Waals surface area contributed by atoms with Crippen LogP contribution in [0.4, 0.5) is 0 Å². The lowest BCUT2D eigenvalue weighted by atomic mass is 10.2. The van der Waals surface area contributed by atoms with E-state index in [1.54, 1.807) is 19.9 Å². The highest BCUT2D eigenvalue weighted by Crippen LogP contribution is 2.15. The molecule has 5 nitrogen and oxygen atoms in total. The molecule has 1 rings (SSSR count). The van der Waals surface area contributed by atoms with Crippen LogP contribution in [0, 0.1) is 13.8 Å². The lowest BCUT2D eigenvalue weighted by molar-refractivity contribution is 0.583. The number of sulfonamides is 1. The van der Waals surface area contributed by atoms with E-state index in [1.165, 1.54) is 16.3 Å². The van der Waals surface area contributed by atoms with Gasteiger partial charge in [0.05, 0.1) is 4.90 Å². The molecule has 8 heteroatoms. The third kappa shape index (κ3) is 3.75. The molecule has 0 bridgehead atoms. The van der Waals surface area contributed by atoms with Crippen LogP contribution >= 0.6 is 10.7 Å². The van der Waals surface area contributed by atoms with Crippen molar-refractivity contribution in [3.63, 3.8) is 0 Å². The Morgan fingerprint density at radius 1 is 1.00 bits per heavy atom. The smallest absolute Gasteiger partial charge is 0.206 e. The predicted octanol–water partition coefficient (Wildman–Crippen LogP) is 1.07. The number of aryl methyl sites for hydroxylation is 2. The Morgan fingerprint density at radius 3 is 1.81 bits per heavy atom. The molecule has 0 fully saturated rings. The molecule has 0 spiro atoms. The fraction of sp³-hybridized carbons (Fsp3) is 0.250. The minimum atomic E-state index is -4.32. The van der Waals surface area contributed by atoms with E-state index in [1.807, 2.05) is 0 Å². The third-order valence-corrected chi connectivity index (χ3v) is 4.81. The second kappa shape index (κ2) is 4.33. The summed E-state index contributed by atoms with van der Waals surface area (Å²) in [6.07, 6.45) is 0. The number of hydrogen-bond donors (Lipinski definition) is 1. The summed E-state index contributed by atoms with van der Waals surface area (Å²) in [5.41, 5.74) is 1.43. The second-order valence-corrected chi connectivity index (χ2v) is 7.59. The van der Waals surface area contributed by atoms with Gasteiger partial charge in [-0.2, -0.15) is 8.42 Å². The summed E-state index contributed by atoms with van der Waals surface area (Å²) in [4.78, 5) is -0.130. The van der Waals surface area contributed by atoms with Crippen molar-refractivity contribution in [3.05, 3.63) is 29.3 Å². The van der Waals surface area contributed by atoms with E-state index in [-0.39, 0.29) is 4.90 Å². The first-order valence-corrected chi connectivity index (χ1v) is 7.96. The van der Waals surface area contributed by atoms with Gasteiger partial charge < -0.3 is 0 Å². The third-order valence-electron chi connectivity index (χ3n) is 1.71. The van der Waals surface area contributed by atoms with Gasteiger partial charge in [0.15, 0.2) is 0 Å². The zero-order valence-electron chi connectivity index (χ0n) is 8.56. The molecule has 90 valence electrons. The van der Waals surface area contributed by atoms with Crippen molar-refractivity contribution >= 4 is 29.9 Å². The van der Waals surface area contributed by atoms with Crippen molar-refractivity contribution in [2.45, 2.75) is 18.7 Å². The van der Waals surface area contributed by atoms with E-state index in [0.717, 1.165) is 0 Å². The van der Waals surface area contributed by atoms with Gasteiger partial charge in [-0.25, -0.2) is 8.42 Å². The van der Waals surface area contributed by atoms with Gasteiger partial charge in [-0.3, -0.25) is 0 Å². The van der Waals surface area contributed by atoms with Gasteiger partial charge in [0.25, 0.3) is 10.0 Å². The second-order valence-electron chi connectivity index (χ2n) is 3.35. The highest BCUT2D eigenvalue weighted by Gasteiger charge is 2.21. The van der Waals surface area contributed by atoms with Crippen LogP contribution in [-0.4, -0.2) is 16.8 Å². The number of hydrogen-bond acceptors (Lipinski definition) is 4. The molecule has 0 saturated heterocycles. The van der Waals surface area contributed by atoms with E-state index < -0.39 is 19.3 Å². The van der Waals surface area contributed by atoms with Gasteiger partial charge >= 0.3 is 9.24 Å². The SMILES string of the molecule is Cc1cc(C)cc(S(=O)(=O)NS(=O)(=O)Cl)c1. The maximum atomic E-state index is 11.6. The molecular weight excluding hydrogens is 274 g/mol. The molecule has 1 aromatic rings. The number of rotatable bonds is 3. The molecule has 0 atom stereocenters. The van der Waals surface area contributed by atoms with Gasteiger partial charge in [0.2, 0.25) is 0 Å². The van der Waals surface area contributed by atoms with Crippen molar-refractivity contribution in [2.24, 2.45) is 0 Å². The average molecular weight is 284 g/mol. The first kappa shape index (κ1) is 13.4. The normalized spacial score (nSPS) is 12.7. The van der Waals surface area contributed by atoms with Crippen LogP contribution in [0.2, 0.25) is 0 Å². The zero-order valence-corrected chi connectivity index (χ0v) is 10.9. The monoisotopic (exact) mass is 283 g/mol. The first-order chi connectivity index (χ1) is 7.10. The molecule has 16 heavy (non-hydrogen) atoms. The van der Waals surface area contributed by atoms with Crippen LogP contribution in [0.25, 0.3) is 0 Å².